The number of para-hydroxylation sites is 1. The van der Waals surface area contributed by atoms with Crippen molar-refractivity contribution in [3.8, 4) is 6.07 Å². The van der Waals surface area contributed by atoms with Gasteiger partial charge in [0.1, 0.15) is 5.82 Å². The first-order chi connectivity index (χ1) is 15.2. The highest BCUT2D eigenvalue weighted by atomic mass is 16.5. The fraction of sp³-hybridized carbons (Fsp3) is 0.391. The molecule has 2 heterocycles. The second-order valence-corrected chi connectivity index (χ2v) is 7.15. The van der Waals surface area contributed by atoms with Crippen LogP contribution in [0.4, 0.5) is 11.5 Å². The van der Waals surface area contributed by atoms with Crippen LogP contribution in [0.2, 0.25) is 0 Å². The van der Waals surface area contributed by atoms with E-state index in [2.05, 4.69) is 21.3 Å². The summed E-state index contributed by atoms with van der Waals surface area (Å²) in [5, 5.41) is 11.8. The van der Waals surface area contributed by atoms with E-state index in [4.69, 9.17) is 10.00 Å². The summed E-state index contributed by atoms with van der Waals surface area (Å²) < 4.78 is 5.40. The predicted molar refractivity (Wildman–Crippen MR) is 117 cm³/mol. The monoisotopic (exact) mass is 421 g/mol. The number of benzene rings is 1. The first kappa shape index (κ1) is 22.2. The SMILES string of the molecule is N#CCCN(C(=O)CCC(=O)NCc1cccnc1N1CCOCC1)c1ccccc1. The number of pyridine rings is 1. The zero-order valence-electron chi connectivity index (χ0n) is 17.5. The summed E-state index contributed by atoms with van der Waals surface area (Å²) in [7, 11) is 0. The van der Waals surface area contributed by atoms with Crippen molar-refractivity contribution in [2.75, 3.05) is 42.6 Å². The Hall–Kier alpha value is -3.44. The molecule has 0 atom stereocenters. The fourth-order valence-corrected chi connectivity index (χ4v) is 3.43. The molecule has 1 aliphatic rings. The smallest absolute Gasteiger partial charge is 0.227 e. The summed E-state index contributed by atoms with van der Waals surface area (Å²) in [6, 6.07) is 15.1. The molecule has 3 rings (SSSR count). The average molecular weight is 422 g/mol. The Bertz CT molecular complexity index is 907. The summed E-state index contributed by atoms with van der Waals surface area (Å²) in [5.74, 6) is 0.486. The molecule has 162 valence electrons. The van der Waals surface area contributed by atoms with E-state index in [1.807, 2.05) is 42.5 Å². The van der Waals surface area contributed by atoms with Crippen LogP contribution in [-0.2, 0) is 20.9 Å². The molecule has 0 spiro atoms. The largest absolute Gasteiger partial charge is 0.378 e. The summed E-state index contributed by atoms with van der Waals surface area (Å²) in [6.45, 7) is 3.52. The number of aromatic nitrogens is 1. The number of nitriles is 1. The molecule has 1 fully saturated rings. The van der Waals surface area contributed by atoms with Crippen molar-refractivity contribution in [3.05, 3.63) is 54.2 Å². The van der Waals surface area contributed by atoms with Crippen LogP contribution in [-0.4, -0.2) is 49.6 Å². The molecule has 1 aromatic carbocycles. The van der Waals surface area contributed by atoms with E-state index in [1.54, 1.807) is 11.1 Å². The van der Waals surface area contributed by atoms with Gasteiger partial charge in [-0.3, -0.25) is 9.59 Å². The van der Waals surface area contributed by atoms with Crippen LogP contribution in [0.3, 0.4) is 0 Å². The van der Waals surface area contributed by atoms with Gasteiger partial charge in [0.15, 0.2) is 0 Å². The van der Waals surface area contributed by atoms with E-state index >= 15 is 0 Å². The number of hydrogen-bond acceptors (Lipinski definition) is 6. The van der Waals surface area contributed by atoms with Crippen molar-refractivity contribution in [1.82, 2.24) is 10.3 Å². The minimum atomic E-state index is -0.196. The highest BCUT2D eigenvalue weighted by Gasteiger charge is 2.18. The molecular weight excluding hydrogens is 394 g/mol. The molecule has 2 amide bonds. The van der Waals surface area contributed by atoms with Gasteiger partial charge in [0.05, 0.1) is 25.7 Å². The fourth-order valence-electron chi connectivity index (χ4n) is 3.43. The van der Waals surface area contributed by atoms with E-state index in [0.29, 0.717) is 26.3 Å². The van der Waals surface area contributed by atoms with Crippen LogP contribution in [0.15, 0.2) is 48.7 Å². The van der Waals surface area contributed by atoms with Gasteiger partial charge < -0.3 is 19.9 Å². The van der Waals surface area contributed by atoms with Crippen LogP contribution >= 0.6 is 0 Å². The van der Waals surface area contributed by atoms with Crippen molar-refractivity contribution < 1.29 is 14.3 Å². The predicted octanol–water partition coefficient (Wildman–Crippen LogP) is 2.26. The number of nitrogens with one attached hydrogen (secondary N) is 1. The highest BCUT2D eigenvalue weighted by molar-refractivity contribution is 5.95. The molecule has 8 nitrogen and oxygen atoms in total. The van der Waals surface area contributed by atoms with E-state index < -0.39 is 0 Å². The van der Waals surface area contributed by atoms with Gasteiger partial charge in [-0.2, -0.15) is 5.26 Å². The Morgan fingerprint density at radius 2 is 1.90 bits per heavy atom. The molecule has 1 aliphatic heterocycles. The van der Waals surface area contributed by atoms with E-state index in [1.165, 1.54) is 0 Å². The Balaban J connectivity index is 1.53. The number of anilines is 2. The number of rotatable bonds is 9. The third-order valence-electron chi connectivity index (χ3n) is 5.04. The highest BCUT2D eigenvalue weighted by Crippen LogP contribution is 2.19. The molecule has 2 aromatic rings. The molecule has 1 N–H and O–H groups in total. The Morgan fingerprint density at radius 3 is 2.65 bits per heavy atom. The lowest BCUT2D eigenvalue weighted by molar-refractivity contribution is -0.125. The Morgan fingerprint density at radius 1 is 1.13 bits per heavy atom. The molecule has 31 heavy (non-hydrogen) atoms. The molecule has 0 saturated carbocycles. The summed E-state index contributed by atoms with van der Waals surface area (Å²) >= 11 is 0. The molecule has 0 aliphatic carbocycles. The molecule has 1 aromatic heterocycles. The maximum absolute atomic E-state index is 12.7. The normalized spacial score (nSPS) is 13.3. The molecular formula is C23H27N5O3. The van der Waals surface area contributed by atoms with Crippen LogP contribution in [0.1, 0.15) is 24.8 Å². The first-order valence-corrected chi connectivity index (χ1v) is 10.4. The van der Waals surface area contributed by atoms with Gasteiger partial charge in [-0.15, -0.1) is 0 Å². The molecule has 0 radical (unpaired) electrons. The Kier molecular flexibility index (Phi) is 8.38. The number of carbonyl (C=O) groups excluding carboxylic acids is 2. The molecule has 8 heteroatoms. The molecule has 0 unspecified atom stereocenters. The maximum atomic E-state index is 12.7. The van der Waals surface area contributed by atoms with Gasteiger partial charge in [-0.25, -0.2) is 4.98 Å². The zero-order valence-corrected chi connectivity index (χ0v) is 17.5. The van der Waals surface area contributed by atoms with E-state index in [9.17, 15) is 9.59 Å². The molecule has 1 saturated heterocycles. The number of amides is 2. The minimum Gasteiger partial charge on any atom is -0.378 e. The maximum Gasteiger partial charge on any atom is 0.227 e. The Labute approximate surface area is 182 Å². The minimum absolute atomic E-state index is 0.0789. The lowest BCUT2D eigenvalue weighted by atomic mass is 10.2. The number of carbonyl (C=O) groups is 2. The van der Waals surface area contributed by atoms with Gasteiger partial charge in [-0.05, 0) is 18.2 Å². The van der Waals surface area contributed by atoms with Crippen molar-refractivity contribution >= 4 is 23.3 Å². The van der Waals surface area contributed by atoms with Gasteiger partial charge in [-0.1, -0.05) is 24.3 Å². The summed E-state index contributed by atoms with van der Waals surface area (Å²) in [5.41, 5.74) is 1.66. The van der Waals surface area contributed by atoms with Gasteiger partial charge in [0.2, 0.25) is 11.8 Å². The number of nitrogens with zero attached hydrogens (tertiary/aromatic N) is 4. The van der Waals surface area contributed by atoms with Crippen LogP contribution in [0.25, 0.3) is 0 Å². The average Bonchev–Trinajstić information content (AvgIpc) is 2.83. The second kappa shape index (κ2) is 11.7. The third kappa shape index (κ3) is 6.52. The van der Waals surface area contributed by atoms with Crippen LogP contribution in [0.5, 0.6) is 0 Å². The van der Waals surface area contributed by atoms with Gasteiger partial charge >= 0.3 is 0 Å². The van der Waals surface area contributed by atoms with Crippen molar-refractivity contribution in [3.63, 3.8) is 0 Å². The first-order valence-electron chi connectivity index (χ1n) is 10.4. The van der Waals surface area contributed by atoms with Crippen molar-refractivity contribution in [2.45, 2.75) is 25.8 Å². The van der Waals surface area contributed by atoms with Crippen molar-refractivity contribution in [1.29, 1.82) is 5.26 Å². The second-order valence-electron chi connectivity index (χ2n) is 7.15. The lowest BCUT2D eigenvalue weighted by Crippen LogP contribution is -2.38. The summed E-state index contributed by atoms with van der Waals surface area (Å²) in [4.78, 5) is 33.3. The standard InChI is InChI=1S/C23H27N5O3/c24-11-5-13-28(20-7-2-1-3-8-20)22(30)10-9-21(29)26-18-19-6-4-12-25-23(19)27-14-16-31-17-15-27/h1-4,6-8,12H,5,9-10,13-18H2,(H,26,29). The topological polar surface area (TPSA) is 98.6 Å². The number of hydrogen-bond donors (Lipinski definition) is 1. The lowest BCUT2D eigenvalue weighted by Gasteiger charge is -2.29. The van der Waals surface area contributed by atoms with Gasteiger partial charge in [0, 0.05) is 56.5 Å². The quantitative estimate of drug-likeness (QED) is 0.667. The van der Waals surface area contributed by atoms with Crippen molar-refractivity contribution in [2.24, 2.45) is 0 Å². The van der Waals surface area contributed by atoms with E-state index in [-0.39, 0.29) is 31.1 Å². The van der Waals surface area contributed by atoms with Gasteiger partial charge in [0.25, 0.3) is 0 Å². The number of morpholine rings is 1. The van der Waals surface area contributed by atoms with E-state index in [0.717, 1.165) is 30.2 Å². The molecule has 0 bridgehead atoms. The summed E-state index contributed by atoms with van der Waals surface area (Å²) in [6.07, 6.45) is 2.14. The zero-order chi connectivity index (χ0) is 21.9. The van der Waals surface area contributed by atoms with Crippen LogP contribution in [0, 0.1) is 11.3 Å². The third-order valence-corrected chi connectivity index (χ3v) is 5.04. The number of ether oxygens (including phenoxy) is 1. The van der Waals surface area contributed by atoms with Crippen LogP contribution < -0.4 is 15.1 Å².